The van der Waals surface area contributed by atoms with Crippen molar-refractivity contribution in [2.75, 3.05) is 13.2 Å². The molecule has 0 bridgehead atoms. The van der Waals surface area contributed by atoms with E-state index in [1.807, 2.05) is 0 Å². The van der Waals surface area contributed by atoms with Crippen LogP contribution in [0.3, 0.4) is 0 Å². The van der Waals surface area contributed by atoms with E-state index in [9.17, 15) is 14.7 Å². The van der Waals surface area contributed by atoms with Crippen LogP contribution in [0.5, 0.6) is 0 Å². The number of cyclic esters (lactones) is 1. The Morgan fingerprint density at radius 2 is 2.00 bits per heavy atom. The summed E-state index contributed by atoms with van der Waals surface area (Å²) in [5.74, 6) is -0.938. The lowest BCUT2D eigenvalue weighted by Crippen LogP contribution is -2.40. The number of hydrogen-bond acceptors (Lipinski definition) is 5. The number of halogens is 1. The van der Waals surface area contributed by atoms with Crippen LogP contribution in [0.4, 0.5) is 0 Å². The highest BCUT2D eigenvalue weighted by molar-refractivity contribution is 6.30. The van der Waals surface area contributed by atoms with Crippen LogP contribution in [-0.4, -0.2) is 35.9 Å². The Morgan fingerprint density at radius 1 is 1.38 bits per heavy atom. The van der Waals surface area contributed by atoms with Gasteiger partial charge in [0.2, 0.25) is 0 Å². The SMILES string of the molecule is CC(C)(C)C(=O)OCC1(CO)C/C(=C/c2ccc(Cl)cc2)C(=O)O1. The molecule has 1 saturated heterocycles. The number of esters is 2. The van der Waals surface area contributed by atoms with E-state index in [0.29, 0.717) is 10.6 Å². The Morgan fingerprint density at radius 3 is 2.54 bits per heavy atom. The zero-order valence-corrected chi connectivity index (χ0v) is 14.7. The molecule has 1 aromatic carbocycles. The molecule has 1 N–H and O–H groups in total. The highest BCUT2D eigenvalue weighted by Gasteiger charge is 2.45. The summed E-state index contributed by atoms with van der Waals surface area (Å²) in [6, 6.07) is 7.00. The van der Waals surface area contributed by atoms with E-state index < -0.39 is 29.6 Å². The van der Waals surface area contributed by atoms with Crippen molar-refractivity contribution in [3.05, 3.63) is 40.4 Å². The lowest BCUT2D eigenvalue weighted by atomic mass is 9.96. The van der Waals surface area contributed by atoms with Gasteiger partial charge in [0, 0.05) is 17.0 Å². The quantitative estimate of drug-likeness (QED) is 0.666. The van der Waals surface area contributed by atoms with E-state index >= 15 is 0 Å². The van der Waals surface area contributed by atoms with Crippen molar-refractivity contribution in [3.63, 3.8) is 0 Å². The first kappa shape index (κ1) is 18.5. The van der Waals surface area contributed by atoms with Gasteiger partial charge in [-0.3, -0.25) is 4.79 Å². The molecule has 1 aromatic rings. The van der Waals surface area contributed by atoms with Gasteiger partial charge in [0.25, 0.3) is 0 Å². The minimum absolute atomic E-state index is 0.169. The van der Waals surface area contributed by atoms with Crippen LogP contribution in [0.25, 0.3) is 6.08 Å². The number of aliphatic hydroxyl groups is 1. The standard InChI is InChI=1S/C18H21ClO5/c1-17(2,3)16(22)23-11-18(10-20)9-13(15(21)24-18)8-12-4-6-14(19)7-5-12/h4-8,20H,9-11H2,1-3H3/b13-8-. The summed E-state index contributed by atoms with van der Waals surface area (Å²) >= 11 is 5.84. The first-order valence-electron chi connectivity index (χ1n) is 7.63. The van der Waals surface area contributed by atoms with Crippen LogP contribution in [0.1, 0.15) is 32.8 Å². The molecule has 1 atom stereocenters. The molecule has 1 unspecified atom stereocenters. The Labute approximate surface area is 146 Å². The minimum Gasteiger partial charge on any atom is -0.461 e. The van der Waals surface area contributed by atoms with Gasteiger partial charge in [0.1, 0.15) is 6.61 Å². The summed E-state index contributed by atoms with van der Waals surface area (Å²) in [6.07, 6.45) is 1.85. The fourth-order valence-electron chi connectivity index (χ4n) is 2.22. The molecule has 2 rings (SSSR count). The van der Waals surface area contributed by atoms with E-state index in [2.05, 4.69) is 0 Å². The van der Waals surface area contributed by atoms with Gasteiger partial charge in [0.05, 0.1) is 12.0 Å². The van der Waals surface area contributed by atoms with Gasteiger partial charge in [-0.15, -0.1) is 0 Å². The molecule has 0 aliphatic carbocycles. The van der Waals surface area contributed by atoms with Crippen molar-refractivity contribution < 1.29 is 24.2 Å². The first-order chi connectivity index (χ1) is 11.1. The van der Waals surface area contributed by atoms with Crippen LogP contribution in [-0.2, 0) is 19.1 Å². The van der Waals surface area contributed by atoms with E-state index in [1.54, 1.807) is 51.1 Å². The summed E-state index contributed by atoms with van der Waals surface area (Å²) in [7, 11) is 0. The lowest BCUT2D eigenvalue weighted by molar-refractivity contribution is -0.171. The number of hydrogen-bond donors (Lipinski definition) is 1. The van der Waals surface area contributed by atoms with Crippen molar-refractivity contribution in [2.24, 2.45) is 5.41 Å². The number of ether oxygens (including phenoxy) is 2. The highest BCUT2D eigenvalue weighted by atomic mass is 35.5. The number of aliphatic hydroxyl groups excluding tert-OH is 1. The van der Waals surface area contributed by atoms with Gasteiger partial charge >= 0.3 is 11.9 Å². The molecular formula is C18H21ClO5. The maximum absolute atomic E-state index is 12.1. The van der Waals surface area contributed by atoms with E-state index in [4.69, 9.17) is 21.1 Å². The van der Waals surface area contributed by atoms with Crippen LogP contribution in [0.15, 0.2) is 29.8 Å². The Bertz CT molecular complexity index is 657. The molecular weight excluding hydrogens is 332 g/mol. The maximum atomic E-state index is 12.1. The Kier molecular flexibility index (Phi) is 5.35. The van der Waals surface area contributed by atoms with Crippen LogP contribution >= 0.6 is 11.6 Å². The molecule has 0 aromatic heterocycles. The molecule has 1 heterocycles. The Balaban J connectivity index is 2.12. The molecule has 0 amide bonds. The molecule has 0 radical (unpaired) electrons. The molecule has 6 heteroatoms. The van der Waals surface area contributed by atoms with E-state index in [0.717, 1.165) is 5.56 Å². The Hall–Kier alpha value is -1.85. The van der Waals surface area contributed by atoms with Gasteiger partial charge in [-0.25, -0.2) is 4.79 Å². The largest absolute Gasteiger partial charge is 0.461 e. The second kappa shape index (κ2) is 6.95. The fraction of sp³-hybridized carbons (Fsp3) is 0.444. The summed E-state index contributed by atoms with van der Waals surface area (Å²) in [5, 5.41) is 10.3. The van der Waals surface area contributed by atoms with Gasteiger partial charge in [-0.05, 0) is 44.5 Å². The van der Waals surface area contributed by atoms with Gasteiger partial charge < -0.3 is 14.6 Å². The first-order valence-corrected chi connectivity index (χ1v) is 8.01. The predicted octanol–water partition coefficient (Wildman–Crippen LogP) is 2.99. The lowest BCUT2D eigenvalue weighted by Gasteiger charge is -2.26. The van der Waals surface area contributed by atoms with Gasteiger partial charge in [0.15, 0.2) is 5.60 Å². The van der Waals surface area contributed by atoms with Gasteiger partial charge in [-0.2, -0.15) is 0 Å². The third-order valence-corrected chi connectivity index (χ3v) is 3.91. The number of rotatable bonds is 4. The molecule has 0 saturated carbocycles. The molecule has 1 fully saturated rings. The third kappa shape index (κ3) is 4.36. The number of benzene rings is 1. The maximum Gasteiger partial charge on any atom is 0.334 e. The highest BCUT2D eigenvalue weighted by Crippen LogP contribution is 2.33. The van der Waals surface area contributed by atoms with Crippen LogP contribution < -0.4 is 0 Å². The third-order valence-electron chi connectivity index (χ3n) is 3.66. The molecule has 5 nitrogen and oxygen atoms in total. The monoisotopic (exact) mass is 352 g/mol. The summed E-state index contributed by atoms with van der Waals surface area (Å²) < 4.78 is 10.5. The van der Waals surface area contributed by atoms with Crippen LogP contribution in [0.2, 0.25) is 5.02 Å². The molecule has 1 aliphatic rings. The fourth-order valence-corrected chi connectivity index (χ4v) is 2.34. The summed E-state index contributed by atoms with van der Waals surface area (Å²) in [4.78, 5) is 24.0. The average molecular weight is 353 g/mol. The number of carbonyl (C=O) groups is 2. The molecule has 24 heavy (non-hydrogen) atoms. The van der Waals surface area contributed by atoms with E-state index in [-0.39, 0.29) is 13.0 Å². The summed E-state index contributed by atoms with van der Waals surface area (Å²) in [6.45, 7) is 4.59. The smallest absolute Gasteiger partial charge is 0.334 e. The molecule has 0 spiro atoms. The second-order valence-electron chi connectivity index (χ2n) is 6.95. The molecule has 130 valence electrons. The average Bonchev–Trinajstić information content (AvgIpc) is 2.83. The minimum atomic E-state index is -1.23. The summed E-state index contributed by atoms with van der Waals surface area (Å²) in [5.41, 5.74) is -0.678. The number of carbonyl (C=O) groups excluding carboxylic acids is 2. The van der Waals surface area contributed by atoms with Gasteiger partial charge in [-0.1, -0.05) is 23.7 Å². The van der Waals surface area contributed by atoms with Crippen molar-refractivity contribution in [1.29, 1.82) is 0 Å². The normalized spacial score (nSPS) is 22.5. The van der Waals surface area contributed by atoms with Crippen molar-refractivity contribution in [3.8, 4) is 0 Å². The zero-order valence-electron chi connectivity index (χ0n) is 14.0. The van der Waals surface area contributed by atoms with Crippen molar-refractivity contribution in [2.45, 2.75) is 32.8 Å². The van der Waals surface area contributed by atoms with Crippen LogP contribution in [0, 0.1) is 5.41 Å². The topological polar surface area (TPSA) is 72.8 Å². The van der Waals surface area contributed by atoms with Crippen molar-refractivity contribution >= 4 is 29.6 Å². The van der Waals surface area contributed by atoms with E-state index in [1.165, 1.54) is 0 Å². The zero-order chi connectivity index (χ0) is 18.0. The van der Waals surface area contributed by atoms with Crippen molar-refractivity contribution in [1.82, 2.24) is 0 Å². The molecule has 1 aliphatic heterocycles. The predicted molar refractivity (Wildman–Crippen MR) is 90.4 cm³/mol. The second-order valence-corrected chi connectivity index (χ2v) is 7.39.